The number of fused-ring (bicyclic) bond motifs is 1. The van der Waals surface area contributed by atoms with Crippen molar-refractivity contribution in [3.63, 3.8) is 0 Å². The molecule has 27 heavy (non-hydrogen) atoms. The van der Waals surface area contributed by atoms with Gasteiger partial charge in [0.05, 0.1) is 5.69 Å². The monoisotopic (exact) mass is 359 g/mol. The van der Waals surface area contributed by atoms with E-state index in [0.717, 1.165) is 49.2 Å². The lowest BCUT2D eigenvalue weighted by Crippen LogP contribution is -2.49. The molecule has 1 N–H and O–H groups in total. The zero-order valence-electron chi connectivity index (χ0n) is 15.7. The van der Waals surface area contributed by atoms with E-state index in [4.69, 9.17) is 0 Å². The lowest BCUT2D eigenvalue weighted by Gasteiger charge is -2.35. The first kappa shape index (κ1) is 17.6. The molecule has 0 aliphatic carbocycles. The molecule has 1 fully saturated rings. The van der Waals surface area contributed by atoms with Crippen molar-refractivity contribution in [1.82, 2.24) is 9.80 Å². The molecule has 0 bridgehead atoms. The first-order valence-electron chi connectivity index (χ1n) is 9.51. The third kappa shape index (κ3) is 3.96. The first-order chi connectivity index (χ1) is 13.2. The van der Waals surface area contributed by atoms with E-state index >= 15 is 0 Å². The first-order valence-corrected chi connectivity index (χ1v) is 9.51. The minimum Gasteiger partial charge on any atom is -0.322 e. The van der Waals surface area contributed by atoms with E-state index in [0.29, 0.717) is 0 Å². The number of nitrogens with zero attached hydrogens (tertiary/aromatic N) is 2. The number of hydrogen-bond donors (Lipinski definition) is 1. The SMILES string of the molecule is Cc1ccccc1CN1CCN(C(=O)Nc2cccc3ccccc23)CC1. The molecule has 4 nitrogen and oxygen atoms in total. The number of nitrogens with one attached hydrogen (secondary N) is 1. The summed E-state index contributed by atoms with van der Waals surface area (Å²) < 4.78 is 0. The molecule has 1 aliphatic heterocycles. The van der Waals surface area contributed by atoms with Crippen LogP contribution in [0, 0.1) is 6.92 Å². The zero-order chi connectivity index (χ0) is 18.6. The van der Waals surface area contributed by atoms with Crippen molar-refractivity contribution in [1.29, 1.82) is 0 Å². The molecule has 0 spiro atoms. The highest BCUT2D eigenvalue weighted by Gasteiger charge is 2.21. The fourth-order valence-corrected chi connectivity index (χ4v) is 3.67. The van der Waals surface area contributed by atoms with Gasteiger partial charge in [-0.1, -0.05) is 60.7 Å². The standard InChI is InChI=1S/C23H25N3O/c1-18-7-2-3-9-20(18)17-25-13-15-26(16-14-25)23(27)24-22-12-6-10-19-8-4-5-11-21(19)22/h2-12H,13-17H2,1H3,(H,24,27). The van der Waals surface area contributed by atoms with Gasteiger partial charge in [-0.3, -0.25) is 4.90 Å². The number of hydrogen-bond acceptors (Lipinski definition) is 2. The Morgan fingerprint density at radius 2 is 1.59 bits per heavy atom. The summed E-state index contributed by atoms with van der Waals surface area (Å²) in [4.78, 5) is 17.1. The summed E-state index contributed by atoms with van der Waals surface area (Å²) in [7, 11) is 0. The van der Waals surface area contributed by atoms with Crippen molar-refractivity contribution >= 4 is 22.5 Å². The van der Waals surface area contributed by atoms with Crippen LogP contribution in [0.4, 0.5) is 10.5 Å². The fraction of sp³-hybridized carbons (Fsp3) is 0.261. The van der Waals surface area contributed by atoms with Gasteiger partial charge in [0.1, 0.15) is 0 Å². The summed E-state index contributed by atoms with van der Waals surface area (Å²) in [5.41, 5.74) is 3.57. The van der Waals surface area contributed by atoms with E-state index in [-0.39, 0.29) is 6.03 Å². The van der Waals surface area contributed by atoms with Crippen LogP contribution in [0.1, 0.15) is 11.1 Å². The Balaban J connectivity index is 1.37. The molecule has 0 saturated carbocycles. The van der Waals surface area contributed by atoms with Crippen LogP contribution in [-0.4, -0.2) is 42.0 Å². The molecule has 1 aliphatic rings. The number of benzene rings is 3. The molecule has 138 valence electrons. The molecule has 2 amide bonds. The lowest BCUT2D eigenvalue weighted by atomic mass is 10.1. The maximum atomic E-state index is 12.7. The van der Waals surface area contributed by atoms with Gasteiger partial charge in [-0.15, -0.1) is 0 Å². The number of carbonyl (C=O) groups excluding carboxylic acids is 1. The topological polar surface area (TPSA) is 35.6 Å². The molecule has 4 rings (SSSR count). The zero-order valence-corrected chi connectivity index (χ0v) is 15.7. The van der Waals surface area contributed by atoms with Crippen molar-refractivity contribution < 1.29 is 4.79 Å². The molecule has 0 radical (unpaired) electrons. The van der Waals surface area contributed by atoms with Gasteiger partial charge in [-0.05, 0) is 29.5 Å². The third-order valence-electron chi connectivity index (χ3n) is 5.35. The van der Waals surface area contributed by atoms with Gasteiger partial charge in [0.25, 0.3) is 0 Å². The van der Waals surface area contributed by atoms with E-state index in [1.165, 1.54) is 11.1 Å². The van der Waals surface area contributed by atoms with Crippen LogP contribution in [0.15, 0.2) is 66.7 Å². The minimum absolute atomic E-state index is 0.0121. The predicted octanol–water partition coefficient (Wildman–Crippen LogP) is 4.50. The van der Waals surface area contributed by atoms with Crippen LogP contribution >= 0.6 is 0 Å². The molecule has 0 aromatic heterocycles. The molecular formula is C23H25N3O. The number of amides is 2. The molecule has 4 heteroatoms. The highest BCUT2D eigenvalue weighted by atomic mass is 16.2. The maximum Gasteiger partial charge on any atom is 0.321 e. The second-order valence-electron chi connectivity index (χ2n) is 7.15. The molecular weight excluding hydrogens is 334 g/mol. The Bertz CT molecular complexity index is 940. The Morgan fingerprint density at radius 1 is 0.889 bits per heavy atom. The molecule has 1 heterocycles. The Kier molecular flexibility index (Phi) is 5.07. The summed E-state index contributed by atoms with van der Waals surface area (Å²) >= 11 is 0. The summed E-state index contributed by atoms with van der Waals surface area (Å²) in [6, 6.07) is 22.6. The number of urea groups is 1. The minimum atomic E-state index is -0.0121. The van der Waals surface area contributed by atoms with Crippen molar-refractivity contribution in [2.45, 2.75) is 13.5 Å². The highest BCUT2D eigenvalue weighted by Crippen LogP contribution is 2.23. The smallest absolute Gasteiger partial charge is 0.321 e. The number of rotatable bonds is 3. The average molecular weight is 359 g/mol. The summed E-state index contributed by atoms with van der Waals surface area (Å²) in [6.45, 7) is 6.41. The quantitative estimate of drug-likeness (QED) is 0.747. The Morgan fingerprint density at radius 3 is 2.41 bits per heavy atom. The van der Waals surface area contributed by atoms with Gasteiger partial charge in [0.15, 0.2) is 0 Å². The van der Waals surface area contributed by atoms with Gasteiger partial charge in [0.2, 0.25) is 0 Å². The van der Waals surface area contributed by atoms with Gasteiger partial charge in [-0.25, -0.2) is 4.79 Å². The molecule has 0 unspecified atom stereocenters. The van der Waals surface area contributed by atoms with E-state index in [2.05, 4.69) is 53.5 Å². The highest BCUT2D eigenvalue weighted by molar-refractivity contribution is 6.01. The molecule has 3 aromatic rings. The van der Waals surface area contributed by atoms with Crippen LogP contribution in [0.5, 0.6) is 0 Å². The van der Waals surface area contributed by atoms with E-state index in [1.807, 2.05) is 35.2 Å². The second kappa shape index (κ2) is 7.80. The number of anilines is 1. The van der Waals surface area contributed by atoms with Crippen molar-refractivity contribution in [2.75, 3.05) is 31.5 Å². The Hall–Kier alpha value is -2.85. The van der Waals surface area contributed by atoms with Crippen LogP contribution in [0.25, 0.3) is 10.8 Å². The molecule has 1 saturated heterocycles. The summed E-state index contributed by atoms with van der Waals surface area (Å²) in [5.74, 6) is 0. The van der Waals surface area contributed by atoms with Gasteiger partial charge in [-0.2, -0.15) is 0 Å². The van der Waals surface area contributed by atoms with Gasteiger partial charge in [0, 0.05) is 38.1 Å². The average Bonchev–Trinajstić information content (AvgIpc) is 2.70. The van der Waals surface area contributed by atoms with E-state index in [1.54, 1.807) is 0 Å². The molecule has 0 atom stereocenters. The normalized spacial score (nSPS) is 15.1. The number of aryl methyl sites for hydroxylation is 1. The second-order valence-corrected chi connectivity index (χ2v) is 7.15. The Labute approximate surface area is 160 Å². The van der Waals surface area contributed by atoms with Crippen molar-refractivity contribution in [3.05, 3.63) is 77.9 Å². The summed E-state index contributed by atoms with van der Waals surface area (Å²) in [6.07, 6.45) is 0. The predicted molar refractivity (Wildman–Crippen MR) is 111 cm³/mol. The van der Waals surface area contributed by atoms with Crippen LogP contribution in [-0.2, 0) is 6.54 Å². The third-order valence-corrected chi connectivity index (χ3v) is 5.35. The largest absolute Gasteiger partial charge is 0.322 e. The maximum absolute atomic E-state index is 12.7. The van der Waals surface area contributed by atoms with E-state index < -0.39 is 0 Å². The van der Waals surface area contributed by atoms with Gasteiger partial charge < -0.3 is 10.2 Å². The van der Waals surface area contributed by atoms with Crippen LogP contribution in [0.3, 0.4) is 0 Å². The van der Waals surface area contributed by atoms with Crippen LogP contribution in [0.2, 0.25) is 0 Å². The van der Waals surface area contributed by atoms with E-state index in [9.17, 15) is 4.79 Å². The van der Waals surface area contributed by atoms with Gasteiger partial charge >= 0.3 is 6.03 Å². The molecule has 3 aromatic carbocycles. The fourth-order valence-electron chi connectivity index (χ4n) is 3.67. The van der Waals surface area contributed by atoms with Crippen LogP contribution < -0.4 is 5.32 Å². The van der Waals surface area contributed by atoms with Crippen molar-refractivity contribution in [3.8, 4) is 0 Å². The number of piperazine rings is 1. The van der Waals surface area contributed by atoms with Crippen molar-refractivity contribution in [2.24, 2.45) is 0 Å². The number of carbonyl (C=O) groups is 1. The lowest BCUT2D eigenvalue weighted by molar-refractivity contribution is 0.143. The summed E-state index contributed by atoms with van der Waals surface area (Å²) in [5, 5.41) is 5.31.